The van der Waals surface area contributed by atoms with Gasteiger partial charge in [-0.05, 0) is 25.2 Å². The summed E-state index contributed by atoms with van der Waals surface area (Å²) in [5, 5.41) is 12.7. The summed E-state index contributed by atoms with van der Waals surface area (Å²) in [5.41, 5.74) is -0.293. The fourth-order valence-electron chi connectivity index (χ4n) is 2.39. The zero-order chi connectivity index (χ0) is 13.0. The fraction of sp³-hybridized carbons (Fsp3) is 0.667. The van der Waals surface area contributed by atoms with Crippen LogP contribution in [0.2, 0.25) is 0 Å². The van der Waals surface area contributed by atoms with E-state index in [0.29, 0.717) is 18.3 Å². The number of hydrogen-bond donors (Lipinski definition) is 3. The van der Waals surface area contributed by atoms with Crippen molar-refractivity contribution in [2.45, 2.75) is 31.8 Å². The number of aromatic nitrogens is 2. The molecule has 6 nitrogen and oxygen atoms in total. The van der Waals surface area contributed by atoms with Crippen LogP contribution in [0.4, 0.5) is 5.82 Å². The number of aliphatic hydroxyl groups excluding tert-OH is 1. The van der Waals surface area contributed by atoms with E-state index in [1.807, 2.05) is 0 Å². The van der Waals surface area contributed by atoms with E-state index in [1.165, 1.54) is 13.4 Å². The lowest BCUT2D eigenvalue weighted by atomic mass is 9.87. The Morgan fingerprint density at radius 2 is 2.44 bits per heavy atom. The average Bonchev–Trinajstić information content (AvgIpc) is 2.36. The molecule has 0 spiro atoms. The summed E-state index contributed by atoms with van der Waals surface area (Å²) in [6.45, 7) is 0.698. The lowest BCUT2D eigenvalue weighted by molar-refractivity contribution is 0.104. The zero-order valence-electron chi connectivity index (χ0n) is 10.5. The third-order valence-corrected chi connectivity index (χ3v) is 3.33. The molecule has 18 heavy (non-hydrogen) atoms. The van der Waals surface area contributed by atoms with E-state index >= 15 is 0 Å². The van der Waals surface area contributed by atoms with E-state index in [4.69, 9.17) is 4.74 Å². The molecule has 0 aromatic carbocycles. The number of anilines is 1. The minimum Gasteiger partial charge on any atom is -0.489 e. The number of nitrogens with one attached hydrogen (secondary N) is 2. The molecule has 1 aromatic rings. The molecule has 6 heteroatoms. The quantitative estimate of drug-likeness (QED) is 0.736. The molecule has 0 radical (unpaired) electrons. The third-order valence-electron chi connectivity index (χ3n) is 3.33. The standard InChI is InChI=1S/C12H19N3O3/c1-18-10-11(14-7-15-12(10)17)13-6-8-3-2-4-9(16)5-8/h7-9,16H,2-6H2,1H3,(H2,13,14,15,17). The van der Waals surface area contributed by atoms with Crippen LogP contribution in [-0.2, 0) is 0 Å². The molecule has 1 aromatic heterocycles. The van der Waals surface area contributed by atoms with Gasteiger partial charge in [0.2, 0.25) is 5.75 Å². The molecule has 1 heterocycles. The van der Waals surface area contributed by atoms with Gasteiger partial charge in [0.1, 0.15) is 0 Å². The van der Waals surface area contributed by atoms with Crippen molar-refractivity contribution in [2.75, 3.05) is 19.0 Å². The van der Waals surface area contributed by atoms with Crippen molar-refractivity contribution in [1.29, 1.82) is 0 Å². The predicted molar refractivity (Wildman–Crippen MR) is 67.9 cm³/mol. The molecular weight excluding hydrogens is 234 g/mol. The van der Waals surface area contributed by atoms with Crippen molar-refractivity contribution < 1.29 is 9.84 Å². The monoisotopic (exact) mass is 253 g/mol. The van der Waals surface area contributed by atoms with Crippen molar-refractivity contribution in [3.63, 3.8) is 0 Å². The third kappa shape index (κ3) is 3.01. The zero-order valence-corrected chi connectivity index (χ0v) is 10.5. The number of nitrogens with zero attached hydrogens (tertiary/aromatic N) is 1. The van der Waals surface area contributed by atoms with Gasteiger partial charge in [-0.15, -0.1) is 0 Å². The van der Waals surface area contributed by atoms with Gasteiger partial charge in [-0.2, -0.15) is 0 Å². The number of ether oxygens (including phenoxy) is 1. The number of rotatable bonds is 4. The van der Waals surface area contributed by atoms with Crippen molar-refractivity contribution in [2.24, 2.45) is 5.92 Å². The molecule has 1 fully saturated rings. The largest absolute Gasteiger partial charge is 0.489 e. The van der Waals surface area contributed by atoms with E-state index in [0.717, 1.165) is 25.7 Å². The average molecular weight is 253 g/mol. The second kappa shape index (κ2) is 5.86. The van der Waals surface area contributed by atoms with Crippen LogP contribution >= 0.6 is 0 Å². The minimum atomic E-state index is -0.293. The summed E-state index contributed by atoms with van der Waals surface area (Å²) in [6.07, 6.45) is 4.99. The Balaban J connectivity index is 1.97. The molecule has 2 rings (SSSR count). The second-order valence-electron chi connectivity index (χ2n) is 4.68. The van der Waals surface area contributed by atoms with Crippen LogP contribution in [0, 0.1) is 5.92 Å². The Labute approximate surface area is 105 Å². The van der Waals surface area contributed by atoms with Gasteiger partial charge in [0.15, 0.2) is 5.82 Å². The second-order valence-corrected chi connectivity index (χ2v) is 4.68. The SMILES string of the molecule is COc1c(NCC2CCCC(O)C2)nc[nH]c1=O. The van der Waals surface area contributed by atoms with Crippen LogP contribution in [0.5, 0.6) is 5.75 Å². The van der Waals surface area contributed by atoms with Crippen LogP contribution in [0.25, 0.3) is 0 Å². The normalized spacial score (nSPS) is 23.7. The summed E-state index contributed by atoms with van der Waals surface area (Å²) in [4.78, 5) is 18.0. The first-order valence-corrected chi connectivity index (χ1v) is 6.24. The van der Waals surface area contributed by atoms with Gasteiger partial charge in [-0.3, -0.25) is 4.79 Å². The van der Waals surface area contributed by atoms with Gasteiger partial charge < -0.3 is 20.1 Å². The van der Waals surface area contributed by atoms with Crippen LogP contribution < -0.4 is 15.6 Å². The number of H-pyrrole nitrogens is 1. The van der Waals surface area contributed by atoms with Crippen LogP contribution in [-0.4, -0.2) is 34.8 Å². The first kappa shape index (κ1) is 12.9. The molecule has 100 valence electrons. The molecule has 3 N–H and O–H groups in total. The Hall–Kier alpha value is -1.56. The van der Waals surface area contributed by atoms with Crippen molar-refractivity contribution in [3.8, 4) is 5.75 Å². The van der Waals surface area contributed by atoms with Gasteiger partial charge in [-0.1, -0.05) is 6.42 Å². The Kier molecular flexibility index (Phi) is 4.19. The van der Waals surface area contributed by atoms with Gasteiger partial charge >= 0.3 is 0 Å². The van der Waals surface area contributed by atoms with E-state index in [1.54, 1.807) is 0 Å². The maximum atomic E-state index is 11.5. The molecule has 0 saturated heterocycles. The molecule has 2 atom stereocenters. The fourth-order valence-corrected chi connectivity index (χ4v) is 2.39. The van der Waals surface area contributed by atoms with Crippen molar-refractivity contribution in [3.05, 3.63) is 16.7 Å². The lowest BCUT2D eigenvalue weighted by Crippen LogP contribution is -2.26. The number of methoxy groups -OCH3 is 1. The Morgan fingerprint density at radius 1 is 1.61 bits per heavy atom. The highest BCUT2D eigenvalue weighted by Crippen LogP contribution is 2.25. The number of aromatic amines is 1. The van der Waals surface area contributed by atoms with Crippen LogP contribution in [0.3, 0.4) is 0 Å². The number of hydrogen-bond acceptors (Lipinski definition) is 5. The van der Waals surface area contributed by atoms with E-state index < -0.39 is 0 Å². The summed E-state index contributed by atoms with van der Waals surface area (Å²) >= 11 is 0. The van der Waals surface area contributed by atoms with Gasteiger partial charge in [0.25, 0.3) is 5.56 Å². The number of aliphatic hydroxyl groups is 1. The molecule has 0 amide bonds. The molecular formula is C12H19N3O3. The topological polar surface area (TPSA) is 87.2 Å². The van der Waals surface area contributed by atoms with E-state index in [-0.39, 0.29) is 17.4 Å². The molecule has 0 bridgehead atoms. The summed E-state index contributed by atoms with van der Waals surface area (Å²) in [5.74, 6) is 1.08. The molecule has 1 saturated carbocycles. The van der Waals surface area contributed by atoms with E-state index in [2.05, 4.69) is 15.3 Å². The first-order valence-electron chi connectivity index (χ1n) is 6.24. The Morgan fingerprint density at radius 3 is 3.17 bits per heavy atom. The molecule has 1 aliphatic carbocycles. The summed E-state index contributed by atoms with van der Waals surface area (Å²) < 4.78 is 5.02. The van der Waals surface area contributed by atoms with E-state index in [9.17, 15) is 9.90 Å². The lowest BCUT2D eigenvalue weighted by Gasteiger charge is -2.26. The first-order chi connectivity index (χ1) is 8.70. The van der Waals surface area contributed by atoms with Crippen molar-refractivity contribution in [1.82, 2.24) is 9.97 Å². The smallest absolute Gasteiger partial charge is 0.295 e. The Bertz CT molecular complexity index is 446. The highest BCUT2D eigenvalue weighted by atomic mass is 16.5. The van der Waals surface area contributed by atoms with Crippen molar-refractivity contribution >= 4 is 5.82 Å². The van der Waals surface area contributed by atoms with Gasteiger partial charge in [0.05, 0.1) is 19.5 Å². The maximum absolute atomic E-state index is 11.5. The molecule has 1 aliphatic rings. The van der Waals surface area contributed by atoms with Crippen LogP contribution in [0.15, 0.2) is 11.1 Å². The van der Waals surface area contributed by atoms with Gasteiger partial charge in [0, 0.05) is 6.54 Å². The van der Waals surface area contributed by atoms with Gasteiger partial charge in [-0.25, -0.2) is 4.98 Å². The highest BCUT2D eigenvalue weighted by Gasteiger charge is 2.20. The highest BCUT2D eigenvalue weighted by molar-refractivity contribution is 5.47. The maximum Gasteiger partial charge on any atom is 0.295 e. The minimum absolute atomic E-state index is 0.195. The molecule has 0 aliphatic heterocycles. The summed E-state index contributed by atoms with van der Waals surface area (Å²) in [6, 6.07) is 0. The molecule has 2 unspecified atom stereocenters. The van der Waals surface area contributed by atoms with Crippen LogP contribution in [0.1, 0.15) is 25.7 Å². The predicted octanol–water partition coefficient (Wildman–Crippen LogP) is 0.741. The summed E-state index contributed by atoms with van der Waals surface area (Å²) in [7, 11) is 1.45.